The maximum atomic E-state index is 12.6. The molecule has 0 atom stereocenters. The SMILES string of the molecule is CCCC(=NOCC)C1C(=O)CC2(CCCCC2)CC1=O. The molecule has 0 heterocycles. The monoisotopic (exact) mass is 293 g/mol. The number of rotatable bonds is 5. The molecule has 0 N–H and O–H groups in total. The molecule has 118 valence electrons. The van der Waals surface area contributed by atoms with Crippen molar-refractivity contribution in [2.75, 3.05) is 6.61 Å². The van der Waals surface area contributed by atoms with Crippen LogP contribution in [-0.4, -0.2) is 23.9 Å². The van der Waals surface area contributed by atoms with Crippen LogP contribution in [0.3, 0.4) is 0 Å². The Labute approximate surface area is 127 Å². The van der Waals surface area contributed by atoms with Gasteiger partial charge in [-0.15, -0.1) is 0 Å². The van der Waals surface area contributed by atoms with Crippen molar-refractivity contribution in [2.24, 2.45) is 16.5 Å². The van der Waals surface area contributed by atoms with Crippen LogP contribution in [0.15, 0.2) is 5.16 Å². The molecule has 0 aromatic rings. The Bertz CT molecular complexity index is 402. The van der Waals surface area contributed by atoms with E-state index in [0.717, 1.165) is 32.1 Å². The van der Waals surface area contributed by atoms with E-state index < -0.39 is 5.92 Å². The topological polar surface area (TPSA) is 55.7 Å². The lowest BCUT2D eigenvalue weighted by atomic mass is 9.61. The molecule has 0 aromatic carbocycles. The van der Waals surface area contributed by atoms with Gasteiger partial charge in [-0.1, -0.05) is 37.8 Å². The standard InChI is InChI=1S/C17H27NO3/c1-3-8-13(18-21-4-2)16-14(19)11-17(12-15(16)20)9-6-5-7-10-17/h16H,3-12H2,1-2H3. The van der Waals surface area contributed by atoms with Gasteiger partial charge in [0.05, 0.1) is 5.71 Å². The van der Waals surface area contributed by atoms with Gasteiger partial charge >= 0.3 is 0 Å². The van der Waals surface area contributed by atoms with Crippen LogP contribution >= 0.6 is 0 Å². The van der Waals surface area contributed by atoms with Crippen molar-refractivity contribution >= 4 is 17.3 Å². The van der Waals surface area contributed by atoms with E-state index in [4.69, 9.17) is 4.84 Å². The number of carbonyl (C=O) groups is 2. The van der Waals surface area contributed by atoms with Crippen LogP contribution in [0.25, 0.3) is 0 Å². The molecule has 0 unspecified atom stereocenters. The van der Waals surface area contributed by atoms with E-state index in [-0.39, 0.29) is 17.0 Å². The number of carbonyl (C=O) groups excluding carboxylic acids is 2. The molecule has 2 rings (SSSR count). The molecule has 0 amide bonds. The van der Waals surface area contributed by atoms with Crippen molar-refractivity contribution in [2.45, 2.75) is 71.6 Å². The van der Waals surface area contributed by atoms with Crippen LogP contribution in [-0.2, 0) is 14.4 Å². The van der Waals surface area contributed by atoms with E-state index >= 15 is 0 Å². The maximum Gasteiger partial charge on any atom is 0.149 e. The van der Waals surface area contributed by atoms with E-state index in [0.29, 0.717) is 31.6 Å². The fourth-order valence-electron chi connectivity index (χ4n) is 3.86. The highest BCUT2D eigenvalue weighted by Gasteiger charge is 2.46. The van der Waals surface area contributed by atoms with Gasteiger partial charge in [0.2, 0.25) is 0 Å². The van der Waals surface area contributed by atoms with Crippen molar-refractivity contribution < 1.29 is 14.4 Å². The van der Waals surface area contributed by atoms with Crippen LogP contribution in [0.1, 0.15) is 71.6 Å². The zero-order valence-corrected chi connectivity index (χ0v) is 13.3. The molecule has 0 aromatic heterocycles. The minimum atomic E-state index is -0.635. The van der Waals surface area contributed by atoms with Crippen LogP contribution in [0.5, 0.6) is 0 Å². The molecule has 2 aliphatic rings. The Morgan fingerprint density at radius 1 is 1.14 bits per heavy atom. The van der Waals surface area contributed by atoms with Gasteiger partial charge in [0.15, 0.2) is 0 Å². The Morgan fingerprint density at radius 3 is 2.29 bits per heavy atom. The maximum absolute atomic E-state index is 12.6. The molecular formula is C17H27NO3. The third kappa shape index (κ3) is 3.72. The van der Waals surface area contributed by atoms with Gasteiger partial charge in [-0.3, -0.25) is 9.59 Å². The summed E-state index contributed by atoms with van der Waals surface area (Å²) in [5, 5.41) is 4.06. The number of oxime groups is 1. The molecule has 2 aliphatic carbocycles. The summed E-state index contributed by atoms with van der Waals surface area (Å²) >= 11 is 0. The quantitative estimate of drug-likeness (QED) is 0.441. The summed E-state index contributed by atoms with van der Waals surface area (Å²) in [5.41, 5.74) is 0.603. The number of hydrogen-bond acceptors (Lipinski definition) is 4. The summed E-state index contributed by atoms with van der Waals surface area (Å²) in [5.74, 6) is -0.496. The number of Topliss-reactive ketones (excluding diaryl/α,β-unsaturated/α-hetero) is 2. The molecule has 0 radical (unpaired) electrons. The van der Waals surface area contributed by atoms with Gasteiger partial charge in [-0.2, -0.15) is 0 Å². The summed E-state index contributed by atoms with van der Waals surface area (Å²) in [7, 11) is 0. The predicted octanol–water partition coefficient (Wildman–Crippen LogP) is 3.68. The Morgan fingerprint density at radius 2 is 1.76 bits per heavy atom. The molecule has 0 aliphatic heterocycles. The molecule has 2 fully saturated rings. The zero-order valence-electron chi connectivity index (χ0n) is 13.3. The molecule has 4 heteroatoms. The number of ketones is 2. The van der Waals surface area contributed by atoms with Crippen molar-refractivity contribution in [3.63, 3.8) is 0 Å². The van der Waals surface area contributed by atoms with Crippen molar-refractivity contribution in [3.8, 4) is 0 Å². The Hall–Kier alpha value is -1.19. The van der Waals surface area contributed by atoms with Crippen LogP contribution in [0.2, 0.25) is 0 Å². The smallest absolute Gasteiger partial charge is 0.149 e. The first-order valence-corrected chi connectivity index (χ1v) is 8.36. The fourth-order valence-corrected chi connectivity index (χ4v) is 3.86. The first-order valence-electron chi connectivity index (χ1n) is 8.36. The Kier molecular flexibility index (Phi) is 5.54. The molecule has 0 bridgehead atoms. The average Bonchev–Trinajstić information content (AvgIpc) is 2.44. The molecule has 2 saturated carbocycles. The molecule has 4 nitrogen and oxygen atoms in total. The van der Waals surface area contributed by atoms with Gasteiger partial charge in [-0.25, -0.2) is 0 Å². The minimum Gasteiger partial charge on any atom is -0.396 e. The lowest BCUT2D eigenvalue weighted by Crippen LogP contribution is -2.45. The summed E-state index contributed by atoms with van der Waals surface area (Å²) in [6, 6.07) is 0. The Balaban J connectivity index is 2.14. The lowest BCUT2D eigenvalue weighted by Gasteiger charge is -2.41. The van der Waals surface area contributed by atoms with E-state index in [1.807, 2.05) is 13.8 Å². The van der Waals surface area contributed by atoms with Crippen LogP contribution in [0.4, 0.5) is 0 Å². The second-order valence-corrected chi connectivity index (χ2v) is 6.53. The van der Waals surface area contributed by atoms with E-state index in [9.17, 15) is 9.59 Å². The van der Waals surface area contributed by atoms with Gasteiger partial charge in [0.1, 0.15) is 24.1 Å². The summed E-state index contributed by atoms with van der Waals surface area (Å²) < 4.78 is 0. The fraction of sp³-hybridized carbons (Fsp3) is 0.824. The first-order chi connectivity index (χ1) is 10.1. The predicted molar refractivity (Wildman–Crippen MR) is 82.2 cm³/mol. The average molecular weight is 293 g/mol. The first kappa shape index (κ1) is 16.2. The third-order valence-electron chi connectivity index (χ3n) is 4.81. The van der Waals surface area contributed by atoms with Gasteiger partial charge in [0, 0.05) is 12.8 Å². The summed E-state index contributed by atoms with van der Waals surface area (Å²) in [6.45, 7) is 4.35. The normalized spacial score (nSPS) is 23.6. The summed E-state index contributed by atoms with van der Waals surface area (Å²) in [4.78, 5) is 30.3. The van der Waals surface area contributed by atoms with Crippen molar-refractivity contribution in [1.29, 1.82) is 0 Å². The second kappa shape index (κ2) is 7.19. The van der Waals surface area contributed by atoms with Crippen molar-refractivity contribution in [3.05, 3.63) is 0 Å². The van der Waals surface area contributed by atoms with Gasteiger partial charge < -0.3 is 4.84 Å². The highest BCUT2D eigenvalue weighted by atomic mass is 16.6. The molecular weight excluding hydrogens is 266 g/mol. The van der Waals surface area contributed by atoms with Gasteiger partial charge in [-0.05, 0) is 31.6 Å². The van der Waals surface area contributed by atoms with Gasteiger partial charge in [0.25, 0.3) is 0 Å². The molecule has 21 heavy (non-hydrogen) atoms. The molecule has 0 saturated heterocycles. The number of hydrogen-bond donors (Lipinski definition) is 0. The highest BCUT2D eigenvalue weighted by Crippen LogP contribution is 2.46. The highest BCUT2D eigenvalue weighted by molar-refractivity contribution is 6.22. The minimum absolute atomic E-state index is 0.0359. The van der Waals surface area contributed by atoms with Crippen LogP contribution < -0.4 is 0 Å². The lowest BCUT2D eigenvalue weighted by molar-refractivity contribution is -0.138. The second-order valence-electron chi connectivity index (χ2n) is 6.53. The molecule has 1 spiro atoms. The van der Waals surface area contributed by atoms with E-state index in [2.05, 4.69) is 5.16 Å². The van der Waals surface area contributed by atoms with Crippen LogP contribution in [0, 0.1) is 11.3 Å². The summed E-state index contributed by atoms with van der Waals surface area (Å²) in [6.07, 6.45) is 8.24. The largest absolute Gasteiger partial charge is 0.396 e. The van der Waals surface area contributed by atoms with E-state index in [1.54, 1.807) is 0 Å². The number of nitrogens with zero attached hydrogens (tertiary/aromatic N) is 1. The van der Waals surface area contributed by atoms with Crippen molar-refractivity contribution in [1.82, 2.24) is 0 Å². The third-order valence-corrected chi connectivity index (χ3v) is 4.81. The zero-order chi connectivity index (χ0) is 15.3. The van der Waals surface area contributed by atoms with E-state index in [1.165, 1.54) is 6.42 Å².